The van der Waals surface area contributed by atoms with Crippen molar-refractivity contribution in [3.63, 3.8) is 0 Å². The Hall–Kier alpha value is -0.540. The largest absolute Gasteiger partial charge is 0.478 e. The maximum absolute atomic E-state index is 10.2. The molecule has 0 saturated carbocycles. The number of rotatable bonds is 2. The van der Waals surface area contributed by atoms with Crippen LogP contribution in [0.15, 0.2) is 10.6 Å². The number of allylic oxidation sites excluding steroid dienone is 1. The van der Waals surface area contributed by atoms with E-state index in [1.165, 1.54) is 6.92 Å². The maximum atomic E-state index is 10.2. The van der Waals surface area contributed by atoms with Crippen LogP contribution in [0.3, 0.4) is 0 Å². The minimum absolute atomic E-state index is 0.235. The number of carbonyl (C=O) groups is 1. The van der Waals surface area contributed by atoms with Crippen LogP contribution in [0.1, 0.15) is 20.3 Å². The van der Waals surface area contributed by atoms with Crippen LogP contribution >= 0.6 is 11.6 Å². The van der Waals surface area contributed by atoms with E-state index in [1.807, 2.05) is 21.0 Å². The molecule has 0 spiro atoms. The van der Waals surface area contributed by atoms with Crippen LogP contribution in [0.4, 0.5) is 0 Å². The number of hydrogen-bond acceptors (Lipinski definition) is 2. The van der Waals surface area contributed by atoms with Crippen molar-refractivity contribution >= 4 is 17.6 Å². The summed E-state index contributed by atoms with van der Waals surface area (Å²) in [5.74, 6) is -0.943. The predicted molar refractivity (Wildman–Crippen MR) is 51.5 cm³/mol. The van der Waals surface area contributed by atoms with Crippen molar-refractivity contribution in [1.82, 2.24) is 5.32 Å². The smallest absolute Gasteiger partial charge is 0.332 e. The molecule has 72 valence electrons. The molecule has 4 heteroatoms. The number of halogens is 1. The second-order valence-corrected chi connectivity index (χ2v) is 2.64. The van der Waals surface area contributed by atoms with Crippen LogP contribution in [0, 0.1) is 0 Å². The number of carboxylic acid groups (broad SMARTS) is 1. The molecule has 0 rings (SSSR count). The van der Waals surface area contributed by atoms with E-state index in [0.29, 0.717) is 11.5 Å². The molecule has 0 amide bonds. The summed E-state index contributed by atoms with van der Waals surface area (Å²) in [6, 6.07) is 0. The molecule has 0 unspecified atom stereocenters. The van der Waals surface area contributed by atoms with Gasteiger partial charge in [-0.05, 0) is 27.4 Å². The van der Waals surface area contributed by atoms with Crippen LogP contribution in [-0.2, 0) is 4.79 Å². The average molecular weight is 194 g/mol. The molecule has 0 aliphatic carbocycles. The van der Waals surface area contributed by atoms with Crippen LogP contribution in [0.5, 0.6) is 0 Å². The highest BCUT2D eigenvalue weighted by atomic mass is 35.5. The summed E-state index contributed by atoms with van der Waals surface area (Å²) in [6.45, 7) is 3.31. The lowest BCUT2D eigenvalue weighted by Gasteiger charge is -1.94. The van der Waals surface area contributed by atoms with Gasteiger partial charge in [-0.25, -0.2) is 4.79 Å². The predicted octanol–water partition coefficient (Wildman–Crippen LogP) is 1.83. The molecule has 0 radical (unpaired) electrons. The van der Waals surface area contributed by atoms with E-state index in [0.717, 1.165) is 0 Å². The fourth-order valence-corrected chi connectivity index (χ4v) is 0.462. The highest BCUT2D eigenvalue weighted by Gasteiger charge is 2.03. The lowest BCUT2D eigenvalue weighted by molar-refractivity contribution is -0.132. The maximum Gasteiger partial charge on any atom is 0.332 e. The number of aliphatic carboxylic acids is 1. The van der Waals surface area contributed by atoms with Crippen LogP contribution < -0.4 is 5.32 Å². The van der Waals surface area contributed by atoms with Gasteiger partial charge >= 0.3 is 5.97 Å². The number of hydrogen-bond donors (Lipinski definition) is 2. The highest BCUT2D eigenvalue weighted by Crippen LogP contribution is 2.12. The Morgan fingerprint density at radius 1 is 1.50 bits per heavy atom. The molecule has 3 nitrogen and oxygen atoms in total. The van der Waals surface area contributed by atoms with Crippen LogP contribution in [-0.4, -0.2) is 25.2 Å². The van der Waals surface area contributed by atoms with Crippen LogP contribution in [0.25, 0.3) is 0 Å². The van der Waals surface area contributed by atoms with Crippen molar-refractivity contribution in [1.29, 1.82) is 0 Å². The van der Waals surface area contributed by atoms with E-state index in [2.05, 4.69) is 5.32 Å². The van der Waals surface area contributed by atoms with Crippen molar-refractivity contribution in [2.75, 3.05) is 14.1 Å². The van der Waals surface area contributed by atoms with E-state index in [-0.39, 0.29) is 5.57 Å². The fourth-order valence-electron chi connectivity index (χ4n) is 0.381. The van der Waals surface area contributed by atoms with E-state index in [9.17, 15) is 4.79 Å². The SMILES string of the molecule is CCC(Cl)=C(C)C(=O)O.CNC. The first-order valence-electron chi connectivity index (χ1n) is 3.68. The standard InChI is InChI=1S/C6H9ClO2.C2H7N/c1-3-5(7)4(2)6(8)9;1-3-2/h3H2,1-2H3,(H,8,9);3H,1-2H3. The summed E-state index contributed by atoms with van der Waals surface area (Å²) < 4.78 is 0. The zero-order valence-corrected chi connectivity index (χ0v) is 8.70. The minimum atomic E-state index is -0.943. The first-order valence-corrected chi connectivity index (χ1v) is 4.06. The first kappa shape index (κ1) is 14.0. The second kappa shape index (κ2) is 8.56. The number of nitrogens with one attached hydrogen (secondary N) is 1. The van der Waals surface area contributed by atoms with Gasteiger partial charge in [0.15, 0.2) is 0 Å². The third-order valence-electron chi connectivity index (χ3n) is 1.04. The summed E-state index contributed by atoms with van der Waals surface area (Å²) in [6.07, 6.45) is 0.583. The monoisotopic (exact) mass is 193 g/mol. The summed E-state index contributed by atoms with van der Waals surface area (Å²) in [5, 5.41) is 11.5. The Labute approximate surface area is 78.4 Å². The van der Waals surface area contributed by atoms with Gasteiger partial charge in [-0.2, -0.15) is 0 Å². The van der Waals surface area contributed by atoms with E-state index in [1.54, 1.807) is 0 Å². The molecular weight excluding hydrogens is 178 g/mol. The van der Waals surface area contributed by atoms with Gasteiger partial charge in [-0.1, -0.05) is 18.5 Å². The molecule has 0 aliphatic heterocycles. The third kappa shape index (κ3) is 7.57. The van der Waals surface area contributed by atoms with Gasteiger partial charge in [0.2, 0.25) is 0 Å². The van der Waals surface area contributed by atoms with Gasteiger partial charge in [0.1, 0.15) is 0 Å². The van der Waals surface area contributed by atoms with Gasteiger partial charge in [0.25, 0.3) is 0 Å². The first-order chi connectivity index (χ1) is 5.51. The lowest BCUT2D eigenvalue weighted by atomic mass is 10.2. The zero-order chi connectivity index (χ0) is 10.1. The van der Waals surface area contributed by atoms with Crippen molar-refractivity contribution in [2.45, 2.75) is 20.3 Å². The summed E-state index contributed by atoms with van der Waals surface area (Å²) >= 11 is 5.51. The molecule has 0 aliphatic rings. The molecule has 0 atom stereocenters. The Balaban J connectivity index is 0. The molecule has 0 heterocycles. The molecule has 2 N–H and O–H groups in total. The van der Waals surface area contributed by atoms with Gasteiger partial charge in [-0.15, -0.1) is 0 Å². The van der Waals surface area contributed by atoms with Gasteiger partial charge in [-0.3, -0.25) is 0 Å². The molecule has 0 aromatic carbocycles. The Bertz CT molecular complexity index is 166. The topological polar surface area (TPSA) is 49.3 Å². The Morgan fingerprint density at radius 3 is 1.92 bits per heavy atom. The molecule has 0 aromatic rings. The summed E-state index contributed by atoms with van der Waals surface area (Å²) in [4.78, 5) is 10.2. The molecule has 0 aromatic heterocycles. The molecule has 0 saturated heterocycles. The normalized spacial score (nSPS) is 11.1. The van der Waals surface area contributed by atoms with Crippen molar-refractivity contribution < 1.29 is 9.90 Å². The number of carboxylic acids is 1. The van der Waals surface area contributed by atoms with E-state index < -0.39 is 5.97 Å². The summed E-state index contributed by atoms with van der Waals surface area (Å²) in [7, 11) is 3.75. The molecular formula is C8H16ClNO2. The van der Waals surface area contributed by atoms with Gasteiger partial charge in [0, 0.05) is 10.6 Å². The quantitative estimate of drug-likeness (QED) is 0.658. The Morgan fingerprint density at radius 2 is 1.83 bits per heavy atom. The second-order valence-electron chi connectivity index (χ2n) is 2.19. The Kier molecular flexibility index (Phi) is 9.99. The fraction of sp³-hybridized carbons (Fsp3) is 0.625. The van der Waals surface area contributed by atoms with Crippen LogP contribution in [0.2, 0.25) is 0 Å². The van der Waals surface area contributed by atoms with E-state index in [4.69, 9.17) is 16.7 Å². The molecule has 0 fully saturated rings. The summed E-state index contributed by atoms with van der Waals surface area (Å²) in [5.41, 5.74) is 0.235. The lowest BCUT2D eigenvalue weighted by Crippen LogP contribution is -1.97. The average Bonchev–Trinajstić information content (AvgIpc) is 2.03. The molecule has 0 bridgehead atoms. The van der Waals surface area contributed by atoms with Gasteiger partial charge < -0.3 is 10.4 Å². The highest BCUT2D eigenvalue weighted by molar-refractivity contribution is 6.31. The van der Waals surface area contributed by atoms with E-state index >= 15 is 0 Å². The molecule has 12 heavy (non-hydrogen) atoms. The van der Waals surface area contributed by atoms with Crippen molar-refractivity contribution in [2.24, 2.45) is 0 Å². The third-order valence-corrected chi connectivity index (χ3v) is 1.59. The van der Waals surface area contributed by atoms with Gasteiger partial charge in [0.05, 0.1) is 0 Å². The minimum Gasteiger partial charge on any atom is -0.478 e. The van der Waals surface area contributed by atoms with Crippen molar-refractivity contribution in [3.05, 3.63) is 10.6 Å². The van der Waals surface area contributed by atoms with Crippen molar-refractivity contribution in [3.8, 4) is 0 Å². The zero-order valence-electron chi connectivity index (χ0n) is 7.94.